The van der Waals surface area contributed by atoms with Crippen molar-refractivity contribution in [2.45, 2.75) is 58.5 Å². The Kier molecular flexibility index (Phi) is 8.85. The lowest BCUT2D eigenvalue weighted by atomic mass is 9.82. The fourth-order valence-corrected chi connectivity index (χ4v) is 5.66. The first kappa shape index (κ1) is 29.9. The van der Waals surface area contributed by atoms with Crippen molar-refractivity contribution < 1.29 is 14.0 Å². The number of halogens is 1. The molecule has 43 heavy (non-hydrogen) atoms. The van der Waals surface area contributed by atoms with Crippen molar-refractivity contribution in [3.8, 4) is 0 Å². The van der Waals surface area contributed by atoms with Crippen LogP contribution in [0.2, 0.25) is 0 Å². The molecule has 222 valence electrons. The van der Waals surface area contributed by atoms with Gasteiger partial charge in [0.1, 0.15) is 5.82 Å². The van der Waals surface area contributed by atoms with E-state index in [1.54, 1.807) is 42.4 Å². The Morgan fingerprint density at radius 3 is 2.40 bits per heavy atom. The van der Waals surface area contributed by atoms with Gasteiger partial charge < -0.3 is 15.5 Å². The maximum atomic E-state index is 15.0. The van der Waals surface area contributed by atoms with Crippen LogP contribution in [0, 0.1) is 18.7 Å². The Morgan fingerprint density at radius 2 is 1.70 bits per heavy atom. The maximum absolute atomic E-state index is 15.0. The summed E-state index contributed by atoms with van der Waals surface area (Å²) in [7, 11) is 0. The molecule has 0 radical (unpaired) electrons. The number of hydrogen-bond donors (Lipinski definition) is 2. The molecule has 1 aliphatic rings. The van der Waals surface area contributed by atoms with Gasteiger partial charge in [0, 0.05) is 31.2 Å². The number of benzene rings is 3. The zero-order valence-corrected chi connectivity index (χ0v) is 25.1. The molecule has 1 saturated heterocycles. The fraction of sp³-hybridized carbons (Fsp3) is 0.314. The molecule has 0 aliphatic carbocycles. The number of hydrogen-bond acceptors (Lipinski definition) is 5. The second-order valence-corrected chi connectivity index (χ2v) is 12.1. The van der Waals surface area contributed by atoms with Gasteiger partial charge in [-0.15, -0.1) is 0 Å². The van der Waals surface area contributed by atoms with Crippen LogP contribution in [-0.4, -0.2) is 33.2 Å². The molecule has 7 nitrogen and oxygen atoms in total. The van der Waals surface area contributed by atoms with Gasteiger partial charge in [-0.25, -0.2) is 14.4 Å². The molecule has 0 saturated carbocycles. The van der Waals surface area contributed by atoms with E-state index in [0.29, 0.717) is 43.1 Å². The standard InChI is InChI=1S/C35H38FN5O2/c1-23-9-5-13-29(36)30(23)33(43)41-20-7-12-28(32(42)40-27-11-6-10-26(21-27)35(2,3)4)31(41)25-16-14-24(15-17-25)22-39-34-37-18-8-19-38-34/h5-6,8-11,13-19,21,28,31H,7,12,20,22H2,1-4H3,(H,40,42)(H,37,38,39). The maximum Gasteiger partial charge on any atom is 0.257 e. The molecule has 2 atom stereocenters. The average Bonchev–Trinajstić information content (AvgIpc) is 3.00. The number of aryl methyl sites for hydroxylation is 1. The van der Waals surface area contributed by atoms with Crippen molar-refractivity contribution >= 4 is 23.5 Å². The molecule has 5 rings (SSSR count). The zero-order chi connectivity index (χ0) is 30.6. The number of nitrogens with one attached hydrogen (secondary N) is 2. The van der Waals surface area contributed by atoms with Crippen LogP contribution < -0.4 is 10.6 Å². The predicted molar refractivity (Wildman–Crippen MR) is 167 cm³/mol. The minimum absolute atomic E-state index is 0.0510. The molecule has 8 heteroatoms. The first-order chi connectivity index (χ1) is 20.6. The van der Waals surface area contributed by atoms with E-state index in [1.807, 2.05) is 42.5 Å². The number of aromatic nitrogens is 2. The first-order valence-corrected chi connectivity index (χ1v) is 14.7. The van der Waals surface area contributed by atoms with Crippen LogP contribution in [0.4, 0.5) is 16.0 Å². The van der Waals surface area contributed by atoms with Gasteiger partial charge in [-0.3, -0.25) is 9.59 Å². The summed E-state index contributed by atoms with van der Waals surface area (Å²) >= 11 is 0. The van der Waals surface area contributed by atoms with Crippen molar-refractivity contribution in [3.05, 3.63) is 119 Å². The summed E-state index contributed by atoms with van der Waals surface area (Å²) in [5, 5.41) is 6.32. The summed E-state index contributed by atoms with van der Waals surface area (Å²) in [5.41, 5.74) is 4.20. The van der Waals surface area contributed by atoms with Crippen molar-refractivity contribution in [3.63, 3.8) is 0 Å². The molecule has 2 amide bonds. The first-order valence-electron chi connectivity index (χ1n) is 14.7. The van der Waals surface area contributed by atoms with Crippen LogP contribution in [0.15, 0.2) is 85.2 Å². The van der Waals surface area contributed by atoms with Gasteiger partial charge >= 0.3 is 0 Å². The van der Waals surface area contributed by atoms with Gasteiger partial charge in [0.25, 0.3) is 5.91 Å². The van der Waals surface area contributed by atoms with Gasteiger partial charge in [0.15, 0.2) is 0 Å². The Morgan fingerprint density at radius 1 is 0.977 bits per heavy atom. The molecular formula is C35H38FN5O2. The quantitative estimate of drug-likeness (QED) is 0.245. The lowest BCUT2D eigenvalue weighted by Crippen LogP contribution is -2.46. The number of carbonyl (C=O) groups is 2. The summed E-state index contributed by atoms with van der Waals surface area (Å²) in [6.07, 6.45) is 4.59. The zero-order valence-electron chi connectivity index (χ0n) is 25.1. The summed E-state index contributed by atoms with van der Waals surface area (Å²) < 4.78 is 15.0. The lowest BCUT2D eigenvalue weighted by molar-refractivity contribution is -0.123. The Balaban J connectivity index is 1.46. The number of carbonyl (C=O) groups excluding carboxylic acids is 2. The van der Waals surface area contributed by atoms with Crippen molar-refractivity contribution in [1.29, 1.82) is 0 Å². The summed E-state index contributed by atoms with van der Waals surface area (Å²) in [4.78, 5) is 38.0. The van der Waals surface area contributed by atoms with Gasteiger partial charge in [-0.2, -0.15) is 0 Å². The molecule has 0 spiro atoms. The Hall–Kier alpha value is -4.59. The summed E-state index contributed by atoms with van der Waals surface area (Å²) in [5.74, 6) is -1.11. The molecule has 1 aromatic heterocycles. The number of nitrogens with zero attached hydrogens (tertiary/aromatic N) is 3. The molecule has 0 bridgehead atoms. The van der Waals surface area contributed by atoms with Gasteiger partial charge in [-0.1, -0.05) is 69.3 Å². The summed E-state index contributed by atoms with van der Waals surface area (Å²) in [6.45, 7) is 9.07. The topological polar surface area (TPSA) is 87.2 Å². The van der Waals surface area contributed by atoms with E-state index in [-0.39, 0.29) is 16.9 Å². The van der Waals surface area contributed by atoms with Crippen LogP contribution in [0.1, 0.15) is 72.3 Å². The van der Waals surface area contributed by atoms with Crippen LogP contribution in [0.25, 0.3) is 0 Å². The molecule has 2 N–H and O–H groups in total. The SMILES string of the molecule is Cc1cccc(F)c1C(=O)N1CCCC(C(=O)Nc2cccc(C(C)(C)C)c2)C1c1ccc(CNc2ncccn2)cc1. The number of piperidine rings is 1. The van der Waals surface area contributed by atoms with Crippen LogP contribution in [-0.2, 0) is 16.8 Å². The highest BCUT2D eigenvalue weighted by molar-refractivity contribution is 5.98. The van der Waals surface area contributed by atoms with E-state index in [9.17, 15) is 14.0 Å². The molecule has 2 unspecified atom stereocenters. The largest absolute Gasteiger partial charge is 0.350 e. The third kappa shape index (κ3) is 6.91. The minimum Gasteiger partial charge on any atom is -0.350 e. The van der Waals surface area contributed by atoms with Crippen molar-refractivity contribution in [1.82, 2.24) is 14.9 Å². The molecule has 2 heterocycles. The van der Waals surface area contributed by atoms with E-state index < -0.39 is 23.7 Å². The van der Waals surface area contributed by atoms with E-state index in [4.69, 9.17) is 0 Å². The van der Waals surface area contributed by atoms with Crippen LogP contribution in [0.5, 0.6) is 0 Å². The number of rotatable bonds is 7. The van der Waals surface area contributed by atoms with Gasteiger partial charge in [0.05, 0.1) is 17.5 Å². The molecular weight excluding hydrogens is 541 g/mol. The smallest absolute Gasteiger partial charge is 0.257 e. The molecule has 4 aromatic rings. The second kappa shape index (κ2) is 12.7. The third-order valence-electron chi connectivity index (χ3n) is 8.00. The third-order valence-corrected chi connectivity index (χ3v) is 8.00. The molecule has 1 aliphatic heterocycles. The number of likely N-dealkylation sites (tertiary alicyclic amines) is 1. The lowest BCUT2D eigenvalue weighted by Gasteiger charge is -2.41. The van der Waals surface area contributed by atoms with E-state index >= 15 is 0 Å². The highest BCUT2D eigenvalue weighted by Gasteiger charge is 2.40. The Labute approximate surface area is 252 Å². The predicted octanol–water partition coefficient (Wildman–Crippen LogP) is 7.07. The van der Waals surface area contributed by atoms with Gasteiger partial charge in [0.2, 0.25) is 11.9 Å². The van der Waals surface area contributed by atoms with E-state index in [1.165, 1.54) is 6.07 Å². The number of anilines is 2. The summed E-state index contributed by atoms with van der Waals surface area (Å²) in [6, 6.07) is 21.6. The highest BCUT2D eigenvalue weighted by Crippen LogP contribution is 2.39. The van der Waals surface area contributed by atoms with Crippen LogP contribution >= 0.6 is 0 Å². The van der Waals surface area contributed by atoms with Gasteiger partial charge in [-0.05, 0) is 71.7 Å². The van der Waals surface area contributed by atoms with Crippen molar-refractivity contribution in [2.24, 2.45) is 5.92 Å². The normalized spacial score (nSPS) is 16.9. The fourth-order valence-electron chi connectivity index (χ4n) is 5.66. The van der Waals surface area contributed by atoms with E-state index in [0.717, 1.165) is 16.7 Å². The van der Waals surface area contributed by atoms with Crippen molar-refractivity contribution in [2.75, 3.05) is 17.2 Å². The monoisotopic (exact) mass is 579 g/mol. The second-order valence-electron chi connectivity index (χ2n) is 12.1. The Bertz CT molecular complexity index is 1560. The molecule has 3 aromatic carbocycles. The van der Waals surface area contributed by atoms with E-state index in [2.05, 4.69) is 47.4 Å². The highest BCUT2D eigenvalue weighted by atomic mass is 19.1. The average molecular weight is 580 g/mol. The van der Waals surface area contributed by atoms with Crippen LogP contribution in [0.3, 0.4) is 0 Å². The number of amides is 2. The minimum atomic E-state index is -0.564. The molecule has 1 fully saturated rings.